The Morgan fingerprint density at radius 2 is 1.73 bits per heavy atom. The van der Waals surface area contributed by atoms with Crippen LogP contribution in [0.25, 0.3) is 0 Å². The number of amides is 1. The van der Waals surface area contributed by atoms with E-state index in [-0.39, 0.29) is 29.9 Å². The molecule has 1 N–H and O–H groups in total. The van der Waals surface area contributed by atoms with Gasteiger partial charge < -0.3 is 15.1 Å². The van der Waals surface area contributed by atoms with Gasteiger partial charge in [0.1, 0.15) is 6.04 Å². The van der Waals surface area contributed by atoms with E-state index >= 15 is 0 Å². The molecule has 0 spiro atoms. The smallest absolute Gasteiger partial charge is 0.357 e. The summed E-state index contributed by atoms with van der Waals surface area (Å²) in [5.74, 6) is 0.639. The molecule has 1 atom stereocenters. The van der Waals surface area contributed by atoms with Crippen molar-refractivity contribution in [2.75, 3.05) is 46.8 Å². The normalized spacial score (nSPS) is 16.6. The molecule has 0 aromatic heterocycles. The molecule has 0 aliphatic carbocycles. The number of aliphatic imine (C=N–C) groups is 1. The fraction of sp³-hybridized carbons (Fsp3) is 0.600. The highest BCUT2D eigenvalue weighted by molar-refractivity contribution is 14.0. The number of alkyl halides is 3. The number of guanidine groups is 1. The Labute approximate surface area is 193 Å². The first-order valence-corrected chi connectivity index (χ1v) is 9.78. The molecule has 10 heteroatoms. The summed E-state index contributed by atoms with van der Waals surface area (Å²) in [5.41, 5.74) is 1.57. The lowest BCUT2D eigenvalue weighted by Crippen LogP contribution is -2.56. The van der Waals surface area contributed by atoms with Gasteiger partial charge in [-0.2, -0.15) is 13.2 Å². The van der Waals surface area contributed by atoms with E-state index in [1.54, 1.807) is 26.2 Å². The number of nitrogens with zero attached hydrogens (tertiary/aromatic N) is 4. The van der Waals surface area contributed by atoms with Crippen LogP contribution in [0.4, 0.5) is 13.2 Å². The summed E-state index contributed by atoms with van der Waals surface area (Å²) in [6.45, 7) is 5.93. The number of halogens is 4. The molecule has 1 aromatic carbocycles. The number of hydrogen-bond donors (Lipinski definition) is 1. The number of hydrogen-bond acceptors (Lipinski definition) is 3. The van der Waals surface area contributed by atoms with Crippen LogP contribution >= 0.6 is 24.0 Å². The molecule has 1 aliphatic heterocycles. The predicted molar refractivity (Wildman–Crippen MR) is 123 cm³/mol. The Morgan fingerprint density at radius 1 is 1.17 bits per heavy atom. The number of nitrogens with one attached hydrogen (secondary N) is 1. The molecule has 0 saturated carbocycles. The Kier molecular flexibility index (Phi) is 10.4. The number of carbonyl (C=O) groups is 1. The summed E-state index contributed by atoms with van der Waals surface area (Å²) in [6.07, 6.45) is -4.21. The van der Waals surface area contributed by atoms with E-state index in [4.69, 9.17) is 0 Å². The Morgan fingerprint density at radius 3 is 2.20 bits per heavy atom. The van der Waals surface area contributed by atoms with Gasteiger partial charge in [0.15, 0.2) is 5.96 Å². The quantitative estimate of drug-likeness (QED) is 0.354. The SMILES string of the molecule is CCNC(=NCc1ccc(C(=O)N(C)C)cc1)N1CCN(C(C)C(F)(F)F)CC1.I. The van der Waals surface area contributed by atoms with Gasteiger partial charge in [-0.3, -0.25) is 9.69 Å². The third-order valence-electron chi connectivity index (χ3n) is 4.99. The summed E-state index contributed by atoms with van der Waals surface area (Å²) >= 11 is 0. The molecule has 1 heterocycles. The van der Waals surface area contributed by atoms with E-state index in [0.717, 1.165) is 5.56 Å². The Hall–Kier alpha value is -1.56. The Balaban J connectivity index is 0.00000450. The van der Waals surface area contributed by atoms with Crippen LogP contribution in [0.3, 0.4) is 0 Å². The second-order valence-electron chi connectivity index (χ2n) is 7.31. The van der Waals surface area contributed by atoms with Gasteiger partial charge in [0.05, 0.1) is 6.54 Å². The highest BCUT2D eigenvalue weighted by Gasteiger charge is 2.41. The largest absolute Gasteiger partial charge is 0.403 e. The lowest BCUT2D eigenvalue weighted by molar-refractivity contribution is -0.181. The molecule has 30 heavy (non-hydrogen) atoms. The molecule has 1 fully saturated rings. The van der Waals surface area contributed by atoms with Gasteiger partial charge in [-0.05, 0) is 31.5 Å². The van der Waals surface area contributed by atoms with Crippen LogP contribution in [0, 0.1) is 0 Å². The average Bonchev–Trinajstić information content (AvgIpc) is 2.69. The summed E-state index contributed by atoms with van der Waals surface area (Å²) in [6, 6.07) is 5.85. The van der Waals surface area contributed by atoms with Crippen molar-refractivity contribution >= 4 is 35.8 Å². The monoisotopic (exact) mass is 541 g/mol. The molecule has 1 aromatic rings. The average molecular weight is 541 g/mol. The molecule has 0 radical (unpaired) electrons. The first-order chi connectivity index (χ1) is 13.6. The molecule has 1 unspecified atom stereocenters. The minimum absolute atomic E-state index is 0. The van der Waals surface area contributed by atoms with E-state index in [1.165, 1.54) is 16.7 Å². The summed E-state index contributed by atoms with van der Waals surface area (Å²) in [7, 11) is 3.41. The van der Waals surface area contributed by atoms with Crippen LogP contribution in [0.15, 0.2) is 29.3 Å². The molecule has 2 rings (SSSR count). The van der Waals surface area contributed by atoms with E-state index in [9.17, 15) is 18.0 Å². The van der Waals surface area contributed by atoms with Crippen LogP contribution in [0.5, 0.6) is 0 Å². The van der Waals surface area contributed by atoms with Crippen LogP contribution in [0.1, 0.15) is 29.8 Å². The Bertz CT molecular complexity index is 701. The van der Waals surface area contributed by atoms with Gasteiger partial charge in [0.2, 0.25) is 0 Å². The predicted octanol–water partition coefficient (Wildman–Crippen LogP) is 3.04. The van der Waals surface area contributed by atoms with Crippen molar-refractivity contribution in [1.82, 2.24) is 20.0 Å². The van der Waals surface area contributed by atoms with E-state index in [2.05, 4.69) is 10.3 Å². The molecule has 0 bridgehead atoms. The van der Waals surface area contributed by atoms with Gasteiger partial charge in [0.25, 0.3) is 5.91 Å². The van der Waals surface area contributed by atoms with Crippen molar-refractivity contribution in [3.8, 4) is 0 Å². The fourth-order valence-electron chi connectivity index (χ4n) is 3.13. The first kappa shape index (κ1) is 26.5. The molecule has 6 nitrogen and oxygen atoms in total. The van der Waals surface area contributed by atoms with Crippen molar-refractivity contribution in [1.29, 1.82) is 0 Å². The maximum absolute atomic E-state index is 12.9. The van der Waals surface area contributed by atoms with Gasteiger partial charge in [-0.1, -0.05) is 12.1 Å². The number of piperazine rings is 1. The standard InChI is InChI=1S/C20H30F3N5O.HI/c1-5-24-19(28-12-10-27(11-13-28)15(2)20(21,22)23)25-14-16-6-8-17(9-7-16)18(29)26(3)4;/h6-9,15H,5,10-14H2,1-4H3,(H,24,25);1H. The van der Waals surface area contributed by atoms with E-state index in [1.807, 2.05) is 24.0 Å². The van der Waals surface area contributed by atoms with Crippen molar-refractivity contribution in [3.63, 3.8) is 0 Å². The van der Waals surface area contributed by atoms with Gasteiger partial charge in [0, 0.05) is 52.4 Å². The van der Waals surface area contributed by atoms with Gasteiger partial charge in [-0.15, -0.1) is 24.0 Å². The maximum atomic E-state index is 12.9. The topological polar surface area (TPSA) is 51.2 Å². The molecular weight excluding hydrogens is 510 g/mol. The summed E-state index contributed by atoms with van der Waals surface area (Å²) in [5, 5.41) is 3.22. The zero-order chi connectivity index (χ0) is 21.6. The fourth-order valence-corrected chi connectivity index (χ4v) is 3.13. The van der Waals surface area contributed by atoms with Gasteiger partial charge >= 0.3 is 6.18 Å². The highest BCUT2D eigenvalue weighted by Crippen LogP contribution is 2.25. The molecule has 1 saturated heterocycles. The second kappa shape index (κ2) is 11.7. The lowest BCUT2D eigenvalue weighted by atomic mass is 10.1. The lowest BCUT2D eigenvalue weighted by Gasteiger charge is -2.39. The molecule has 1 aliphatic rings. The summed E-state index contributed by atoms with van der Waals surface area (Å²) < 4.78 is 38.8. The number of benzene rings is 1. The zero-order valence-electron chi connectivity index (χ0n) is 17.9. The van der Waals surface area contributed by atoms with Crippen molar-refractivity contribution in [2.45, 2.75) is 32.6 Å². The van der Waals surface area contributed by atoms with Crippen molar-refractivity contribution in [2.24, 2.45) is 4.99 Å². The van der Waals surface area contributed by atoms with Crippen LogP contribution in [0.2, 0.25) is 0 Å². The van der Waals surface area contributed by atoms with Crippen molar-refractivity contribution < 1.29 is 18.0 Å². The minimum Gasteiger partial charge on any atom is -0.357 e. The van der Waals surface area contributed by atoms with E-state index < -0.39 is 12.2 Å². The number of rotatable bonds is 5. The van der Waals surface area contributed by atoms with Gasteiger partial charge in [-0.25, -0.2) is 4.99 Å². The van der Waals surface area contributed by atoms with Crippen LogP contribution in [-0.4, -0.2) is 85.6 Å². The summed E-state index contributed by atoms with van der Waals surface area (Å²) in [4.78, 5) is 21.6. The second-order valence-corrected chi connectivity index (χ2v) is 7.31. The highest BCUT2D eigenvalue weighted by atomic mass is 127. The minimum atomic E-state index is -4.21. The molecular formula is C20H31F3IN5O. The third kappa shape index (κ3) is 7.29. The molecule has 1 amide bonds. The van der Waals surface area contributed by atoms with Crippen molar-refractivity contribution in [3.05, 3.63) is 35.4 Å². The van der Waals surface area contributed by atoms with E-state index in [0.29, 0.717) is 50.8 Å². The van der Waals surface area contributed by atoms with Crippen LogP contribution in [-0.2, 0) is 6.54 Å². The number of carbonyl (C=O) groups excluding carboxylic acids is 1. The first-order valence-electron chi connectivity index (χ1n) is 9.78. The molecule has 170 valence electrons. The third-order valence-corrected chi connectivity index (χ3v) is 4.99. The van der Waals surface area contributed by atoms with Crippen LogP contribution < -0.4 is 5.32 Å². The zero-order valence-corrected chi connectivity index (χ0v) is 20.2. The maximum Gasteiger partial charge on any atom is 0.403 e.